The number of aryl methyl sites for hydroxylation is 2. The number of ether oxygens (including phenoxy) is 1. The fourth-order valence-electron chi connectivity index (χ4n) is 4.41. The number of rotatable bonds is 13. The Hall–Kier alpha value is -3.85. The van der Waals surface area contributed by atoms with E-state index < -0.39 is 28.5 Å². The molecule has 3 rings (SSSR count). The number of carbonyl (C=O) groups is 2. The van der Waals surface area contributed by atoms with Gasteiger partial charge in [0.1, 0.15) is 18.3 Å². The molecular formula is C32H41N3O5S. The molecule has 220 valence electrons. The highest BCUT2D eigenvalue weighted by Gasteiger charge is 2.34. The normalized spacial score (nSPS) is 12.7. The maximum atomic E-state index is 14.2. The molecular weight excluding hydrogens is 538 g/mol. The molecule has 0 spiro atoms. The van der Waals surface area contributed by atoms with E-state index in [1.54, 1.807) is 67.8 Å². The van der Waals surface area contributed by atoms with Crippen LogP contribution >= 0.6 is 0 Å². The van der Waals surface area contributed by atoms with Crippen molar-refractivity contribution in [1.29, 1.82) is 0 Å². The average Bonchev–Trinajstić information content (AvgIpc) is 2.96. The molecule has 0 aliphatic carbocycles. The van der Waals surface area contributed by atoms with E-state index in [0.29, 0.717) is 17.9 Å². The van der Waals surface area contributed by atoms with E-state index >= 15 is 0 Å². The number of sulfonamides is 1. The van der Waals surface area contributed by atoms with Gasteiger partial charge in [0.15, 0.2) is 0 Å². The van der Waals surface area contributed by atoms with Crippen molar-refractivity contribution in [3.05, 3.63) is 89.5 Å². The van der Waals surface area contributed by atoms with Crippen molar-refractivity contribution in [3.8, 4) is 5.75 Å². The molecule has 41 heavy (non-hydrogen) atoms. The molecule has 0 fully saturated rings. The summed E-state index contributed by atoms with van der Waals surface area (Å²) in [7, 11) is -2.54. The second-order valence-electron chi connectivity index (χ2n) is 10.3. The SMILES string of the molecule is CC[C@@H](C)NC(=O)[C@H](CC)N(Cc1cccc(OC)c1)C(=O)CN(c1ccc(C)cc1)S(=O)(=O)c1ccc(C)cc1. The smallest absolute Gasteiger partial charge is 0.264 e. The standard InChI is InChI=1S/C32H41N3O5S/c1-7-25(5)33-32(37)30(8-2)34(21-26-10-9-11-28(20-26)40-6)31(36)22-35(27-16-12-23(3)13-17-27)41(38,39)29-18-14-24(4)15-19-29/h9-20,25,30H,7-8,21-22H2,1-6H3,(H,33,37)/t25-,30+/m1/s1. The van der Waals surface area contributed by atoms with Crippen LogP contribution in [-0.4, -0.2) is 50.9 Å². The fraction of sp³-hybridized carbons (Fsp3) is 0.375. The monoisotopic (exact) mass is 579 g/mol. The van der Waals surface area contributed by atoms with Gasteiger partial charge in [0.05, 0.1) is 17.7 Å². The van der Waals surface area contributed by atoms with Crippen molar-refractivity contribution >= 4 is 27.5 Å². The molecule has 0 radical (unpaired) electrons. The van der Waals surface area contributed by atoms with Gasteiger partial charge in [-0.25, -0.2) is 8.42 Å². The Kier molecular flexibility index (Phi) is 10.9. The third kappa shape index (κ3) is 8.10. The van der Waals surface area contributed by atoms with Crippen LogP contribution < -0.4 is 14.4 Å². The number of amides is 2. The van der Waals surface area contributed by atoms with Crippen molar-refractivity contribution in [2.45, 2.75) is 71.0 Å². The second kappa shape index (κ2) is 14.2. The van der Waals surface area contributed by atoms with Crippen LogP contribution in [0, 0.1) is 13.8 Å². The van der Waals surface area contributed by atoms with Gasteiger partial charge in [0.2, 0.25) is 11.8 Å². The summed E-state index contributed by atoms with van der Waals surface area (Å²) in [5, 5.41) is 2.99. The summed E-state index contributed by atoms with van der Waals surface area (Å²) in [6.45, 7) is 9.14. The summed E-state index contributed by atoms with van der Waals surface area (Å²) in [6.07, 6.45) is 1.09. The molecule has 0 heterocycles. The topological polar surface area (TPSA) is 96.0 Å². The van der Waals surface area contributed by atoms with E-state index in [2.05, 4.69) is 5.32 Å². The predicted octanol–water partition coefficient (Wildman–Crippen LogP) is 5.23. The summed E-state index contributed by atoms with van der Waals surface area (Å²) in [5.41, 5.74) is 3.00. The largest absolute Gasteiger partial charge is 0.497 e. The first-order valence-corrected chi connectivity index (χ1v) is 15.3. The zero-order valence-electron chi connectivity index (χ0n) is 24.8. The van der Waals surface area contributed by atoms with E-state index in [0.717, 1.165) is 27.4 Å². The van der Waals surface area contributed by atoms with Crippen molar-refractivity contribution in [3.63, 3.8) is 0 Å². The molecule has 2 amide bonds. The zero-order chi connectivity index (χ0) is 30.2. The summed E-state index contributed by atoms with van der Waals surface area (Å²) in [4.78, 5) is 29.1. The van der Waals surface area contributed by atoms with E-state index in [9.17, 15) is 18.0 Å². The lowest BCUT2D eigenvalue weighted by Crippen LogP contribution is -2.53. The zero-order valence-corrected chi connectivity index (χ0v) is 25.6. The van der Waals surface area contributed by atoms with Crippen molar-refractivity contribution in [2.75, 3.05) is 18.0 Å². The molecule has 8 nitrogen and oxygen atoms in total. The molecule has 3 aromatic carbocycles. The van der Waals surface area contributed by atoms with Gasteiger partial charge in [-0.1, -0.05) is 61.4 Å². The summed E-state index contributed by atoms with van der Waals surface area (Å²) < 4.78 is 34.4. The van der Waals surface area contributed by atoms with Crippen LogP contribution in [0.2, 0.25) is 0 Å². The molecule has 1 N–H and O–H groups in total. The molecule has 0 aliphatic heterocycles. The first kappa shape index (κ1) is 31.7. The summed E-state index contributed by atoms with van der Waals surface area (Å²) >= 11 is 0. The summed E-state index contributed by atoms with van der Waals surface area (Å²) in [6, 6.07) is 19.9. The number of methoxy groups -OCH3 is 1. The lowest BCUT2D eigenvalue weighted by molar-refractivity contribution is -0.140. The van der Waals surface area contributed by atoms with Gasteiger partial charge in [-0.2, -0.15) is 0 Å². The molecule has 3 aromatic rings. The van der Waals surface area contributed by atoms with Gasteiger partial charge >= 0.3 is 0 Å². The Balaban J connectivity index is 2.06. The molecule has 0 unspecified atom stereocenters. The molecule has 9 heteroatoms. The average molecular weight is 580 g/mol. The maximum absolute atomic E-state index is 14.2. The quantitative estimate of drug-likeness (QED) is 0.299. The van der Waals surface area contributed by atoms with Crippen LogP contribution in [0.25, 0.3) is 0 Å². The Morgan fingerprint density at radius 1 is 0.902 bits per heavy atom. The molecule has 0 aliphatic rings. The predicted molar refractivity (Wildman–Crippen MR) is 162 cm³/mol. The molecule has 0 saturated heterocycles. The highest BCUT2D eigenvalue weighted by molar-refractivity contribution is 7.92. The van der Waals surface area contributed by atoms with Crippen molar-refractivity contribution in [1.82, 2.24) is 10.2 Å². The van der Waals surface area contributed by atoms with Gasteiger partial charge in [-0.3, -0.25) is 13.9 Å². The van der Waals surface area contributed by atoms with Gasteiger partial charge in [-0.15, -0.1) is 0 Å². The van der Waals surface area contributed by atoms with Gasteiger partial charge < -0.3 is 15.0 Å². The van der Waals surface area contributed by atoms with E-state index in [-0.39, 0.29) is 23.4 Å². The number of hydrogen-bond donors (Lipinski definition) is 1. The lowest BCUT2D eigenvalue weighted by atomic mass is 10.1. The van der Waals surface area contributed by atoms with Crippen molar-refractivity contribution in [2.24, 2.45) is 0 Å². The van der Waals surface area contributed by atoms with Gasteiger partial charge in [-0.05, 0) is 75.6 Å². The van der Waals surface area contributed by atoms with Crippen LogP contribution in [0.4, 0.5) is 5.69 Å². The number of benzene rings is 3. The maximum Gasteiger partial charge on any atom is 0.264 e. The highest BCUT2D eigenvalue weighted by atomic mass is 32.2. The first-order valence-electron chi connectivity index (χ1n) is 13.9. The highest BCUT2D eigenvalue weighted by Crippen LogP contribution is 2.26. The number of hydrogen-bond acceptors (Lipinski definition) is 5. The second-order valence-corrected chi connectivity index (χ2v) is 12.1. The molecule has 0 bridgehead atoms. The molecule has 2 atom stereocenters. The number of anilines is 1. The van der Waals surface area contributed by atoms with Gasteiger partial charge in [0, 0.05) is 12.6 Å². The van der Waals surface area contributed by atoms with Crippen LogP contribution in [0.15, 0.2) is 77.7 Å². The number of nitrogens with one attached hydrogen (secondary N) is 1. The van der Waals surface area contributed by atoms with Crippen LogP contribution in [0.3, 0.4) is 0 Å². The minimum atomic E-state index is -4.11. The Bertz CT molecular complexity index is 1420. The van der Waals surface area contributed by atoms with Crippen molar-refractivity contribution < 1.29 is 22.7 Å². The molecule has 0 saturated carbocycles. The summed E-state index contributed by atoms with van der Waals surface area (Å²) in [5.74, 6) is -0.146. The number of nitrogens with zero attached hydrogens (tertiary/aromatic N) is 2. The minimum Gasteiger partial charge on any atom is -0.497 e. The van der Waals surface area contributed by atoms with Crippen LogP contribution in [-0.2, 0) is 26.2 Å². The van der Waals surface area contributed by atoms with Crippen LogP contribution in [0.5, 0.6) is 5.75 Å². The third-order valence-electron chi connectivity index (χ3n) is 7.08. The molecule has 0 aromatic heterocycles. The Labute approximate surface area is 244 Å². The van der Waals surface area contributed by atoms with E-state index in [4.69, 9.17) is 4.74 Å². The van der Waals surface area contributed by atoms with E-state index in [1.165, 1.54) is 4.90 Å². The van der Waals surface area contributed by atoms with Gasteiger partial charge in [0.25, 0.3) is 10.0 Å². The Morgan fingerprint density at radius 2 is 1.51 bits per heavy atom. The minimum absolute atomic E-state index is 0.0729. The Morgan fingerprint density at radius 3 is 2.07 bits per heavy atom. The lowest BCUT2D eigenvalue weighted by Gasteiger charge is -2.33. The number of carbonyl (C=O) groups excluding carboxylic acids is 2. The van der Waals surface area contributed by atoms with E-state index in [1.807, 2.05) is 46.8 Å². The first-order chi connectivity index (χ1) is 19.5. The fourth-order valence-corrected chi connectivity index (χ4v) is 5.82. The third-order valence-corrected chi connectivity index (χ3v) is 8.87. The van der Waals surface area contributed by atoms with Crippen LogP contribution in [0.1, 0.15) is 50.3 Å².